The van der Waals surface area contributed by atoms with Gasteiger partial charge in [-0.2, -0.15) is 0 Å². The summed E-state index contributed by atoms with van der Waals surface area (Å²) in [5.41, 5.74) is 0.789. The standard InChI is InChI=1S/C15H19ClN2O3/c1-2-21-15(20)18-10-8-17(9-11-18)14(19)13(16)12-6-4-3-5-7-12/h3-7,13H,2,8-11H2,1H3. The molecule has 0 spiro atoms. The van der Waals surface area contributed by atoms with Gasteiger partial charge in [-0.25, -0.2) is 4.79 Å². The first-order chi connectivity index (χ1) is 10.1. The van der Waals surface area contributed by atoms with E-state index < -0.39 is 5.38 Å². The van der Waals surface area contributed by atoms with E-state index in [9.17, 15) is 9.59 Å². The Morgan fingerprint density at radius 3 is 2.29 bits per heavy atom. The van der Waals surface area contributed by atoms with Crippen molar-refractivity contribution in [2.45, 2.75) is 12.3 Å². The number of piperazine rings is 1. The maximum Gasteiger partial charge on any atom is 0.409 e. The first kappa shape index (κ1) is 15.6. The van der Waals surface area contributed by atoms with Gasteiger partial charge in [-0.3, -0.25) is 4.79 Å². The molecule has 0 aromatic heterocycles. The zero-order valence-corrected chi connectivity index (χ0v) is 12.8. The van der Waals surface area contributed by atoms with Crippen LogP contribution in [0.4, 0.5) is 4.79 Å². The van der Waals surface area contributed by atoms with Crippen LogP contribution in [-0.4, -0.2) is 54.6 Å². The molecule has 114 valence electrons. The molecule has 0 N–H and O–H groups in total. The van der Waals surface area contributed by atoms with E-state index in [1.165, 1.54) is 0 Å². The molecule has 1 aromatic rings. The summed E-state index contributed by atoms with van der Waals surface area (Å²) < 4.78 is 4.95. The average Bonchev–Trinajstić information content (AvgIpc) is 2.54. The number of amides is 2. The van der Waals surface area contributed by atoms with Gasteiger partial charge in [-0.15, -0.1) is 11.6 Å². The molecule has 2 rings (SSSR count). The summed E-state index contributed by atoms with van der Waals surface area (Å²) in [7, 11) is 0. The predicted molar refractivity (Wildman–Crippen MR) is 80.2 cm³/mol. The van der Waals surface area contributed by atoms with Crippen molar-refractivity contribution in [3.8, 4) is 0 Å². The highest BCUT2D eigenvalue weighted by molar-refractivity contribution is 6.30. The Balaban J connectivity index is 1.90. The Labute approximate surface area is 129 Å². The van der Waals surface area contributed by atoms with E-state index in [0.29, 0.717) is 32.8 Å². The van der Waals surface area contributed by atoms with Gasteiger partial charge in [0, 0.05) is 26.2 Å². The molecule has 1 aliphatic heterocycles. The highest BCUT2D eigenvalue weighted by Gasteiger charge is 2.28. The summed E-state index contributed by atoms with van der Waals surface area (Å²) in [6.07, 6.45) is -0.324. The van der Waals surface area contributed by atoms with Crippen molar-refractivity contribution in [3.63, 3.8) is 0 Å². The van der Waals surface area contributed by atoms with Crippen molar-refractivity contribution in [1.29, 1.82) is 0 Å². The summed E-state index contributed by atoms with van der Waals surface area (Å²) in [4.78, 5) is 27.3. The number of rotatable bonds is 3. The number of carbonyl (C=O) groups is 2. The van der Waals surface area contributed by atoms with Crippen molar-refractivity contribution in [2.24, 2.45) is 0 Å². The van der Waals surface area contributed by atoms with Gasteiger partial charge in [0.1, 0.15) is 5.38 Å². The molecule has 1 aliphatic rings. The zero-order chi connectivity index (χ0) is 15.2. The minimum absolute atomic E-state index is 0.119. The molecule has 2 amide bonds. The SMILES string of the molecule is CCOC(=O)N1CCN(C(=O)C(Cl)c2ccccc2)CC1. The van der Waals surface area contributed by atoms with Crippen molar-refractivity contribution in [3.05, 3.63) is 35.9 Å². The smallest absolute Gasteiger partial charge is 0.409 e. The molecule has 0 bridgehead atoms. The Bertz CT molecular complexity index is 487. The molecule has 1 fully saturated rings. The summed E-state index contributed by atoms with van der Waals surface area (Å²) >= 11 is 6.24. The van der Waals surface area contributed by atoms with Gasteiger partial charge in [0.25, 0.3) is 0 Å². The third-order valence-electron chi connectivity index (χ3n) is 3.43. The normalized spacial score (nSPS) is 16.5. The van der Waals surface area contributed by atoms with Gasteiger partial charge in [0.05, 0.1) is 6.61 Å². The fourth-order valence-corrected chi connectivity index (χ4v) is 2.53. The molecule has 5 nitrogen and oxygen atoms in total. The topological polar surface area (TPSA) is 49.9 Å². The summed E-state index contributed by atoms with van der Waals surface area (Å²) in [5, 5.41) is -0.680. The van der Waals surface area contributed by atoms with E-state index in [2.05, 4.69) is 0 Å². The van der Waals surface area contributed by atoms with Crippen LogP contribution in [0.2, 0.25) is 0 Å². The molecule has 1 atom stereocenters. The summed E-state index contributed by atoms with van der Waals surface area (Å²) in [6.45, 7) is 4.04. The van der Waals surface area contributed by atoms with Crippen LogP contribution in [0.1, 0.15) is 17.9 Å². The number of hydrogen-bond acceptors (Lipinski definition) is 3. The first-order valence-corrected chi connectivity index (χ1v) is 7.46. The largest absolute Gasteiger partial charge is 0.450 e. The van der Waals surface area contributed by atoms with Gasteiger partial charge < -0.3 is 14.5 Å². The second-order valence-corrected chi connectivity index (χ2v) is 5.22. The van der Waals surface area contributed by atoms with E-state index >= 15 is 0 Å². The van der Waals surface area contributed by atoms with Gasteiger partial charge in [-0.1, -0.05) is 30.3 Å². The lowest BCUT2D eigenvalue weighted by Gasteiger charge is -2.35. The van der Waals surface area contributed by atoms with Gasteiger partial charge in [0.2, 0.25) is 5.91 Å². The lowest BCUT2D eigenvalue weighted by Crippen LogP contribution is -2.51. The van der Waals surface area contributed by atoms with E-state index in [4.69, 9.17) is 16.3 Å². The van der Waals surface area contributed by atoms with Crippen LogP contribution in [0.15, 0.2) is 30.3 Å². The number of carbonyl (C=O) groups excluding carboxylic acids is 2. The highest BCUT2D eigenvalue weighted by Crippen LogP contribution is 2.23. The molecule has 0 aliphatic carbocycles. The molecule has 1 heterocycles. The van der Waals surface area contributed by atoms with Crippen LogP contribution >= 0.6 is 11.6 Å². The first-order valence-electron chi connectivity index (χ1n) is 7.03. The van der Waals surface area contributed by atoms with Crippen molar-refractivity contribution >= 4 is 23.6 Å². The van der Waals surface area contributed by atoms with Crippen LogP contribution in [0.25, 0.3) is 0 Å². The minimum atomic E-state index is -0.680. The van der Waals surface area contributed by atoms with Gasteiger partial charge in [-0.05, 0) is 12.5 Å². The molecule has 0 saturated carbocycles. The molecule has 0 radical (unpaired) electrons. The van der Waals surface area contributed by atoms with Gasteiger partial charge >= 0.3 is 6.09 Å². The van der Waals surface area contributed by atoms with E-state index in [1.807, 2.05) is 30.3 Å². The number of benzene rings is 1. The number of hydrogen-bond donors (Lipinski definition) is 0. The van der Waals surface area contributed by atoms with Crippen LogP contribution in [0, 0.1) is 0 Å². The lowest BCUT2D eigenvalue weighted by molar-refractivity contribution is -0.132. The maximum absolute atomic E-state index is 12.4. The van der Waals surface area contributed by atoms with E-state index in [-0.39, 0.29) is 12.0 Å². The Morgan fingerprint density at radius 1 is 1.14 bits per heavy atom. The van der Waals surface area contributed by atoms with E-state index in [1.54, 1.807) is 16.7 Å². The Morgan fingerprint density at radius 2 is 1.71 bits per heavy atom. The van der Waals surface area contributed by atoms with Crippen molar-refractivity contribution in [1.82, 2.24) is 9.80 Å². The highest BCUT2D eigenvalue weighted by atomic mass is 35.5. The minimum Gasteiger partial charge on any atom is -0.450 e. The number of ether oxygens (including phenoxy) is 1. The predicted octanol–water partition coefficient (Wildman–Crippen LogP) is 2.27. The molecule has 1 unspecified atom stereocenters. The van der Waals surface area contributed by atoms with Crippen LogP contribution < -0.4 is 0 Å². The Kier molecular flexibility index (Phi) is 5.44. The molecule has 21 heavy (non-hydrogen) atoms. The summed E-state index contributed by atoms with van der Waals surface area (Å²) in [5.74, 6) is -0.119. The third kappa shape index (κ3) is 3.88. The fourth-order valence-electron chi connectivity index (χ4n) is 2.25. The number of halogens is 1. The number of alkyl halides is 1. The quantitative estimate of drug-likeness (QED) is 0.805. The van der Waals surface area contributed by atoms with Crippen LogP contribution in [-0.2, 0) is 9.53 Å². The summed E-state index contributed by atoms with van der Waals surface area (Å²) in [6, 6.07) is 9.28. The third-order valence-corrected chi connectivity index (χ3v) is 3.87. The van der Waals surface area contributed by atoms with E-state index in [0.717, 1.165) is 5.56 Å². The van der Waals surface area contributed by atoms with Gasteiger partial charge in [0.15, 0.2) is 0 Å². The number of nitrogens with zero attached hydrogens (tertiary/aromatic N) is 2. The fraction of sp³-hybridized carbons (Fsp3) is 0.467. The van der Waals surface area contributed by atoms with Crippen LogP contribution in [0.5, 0.6) is 0 Å². The molecular weight excluding hydrogens is 292 g/mol. The molecular formula is C15H19ClN2O3. The Hall–Kier alpha value is -1.75. The maximum atomic E-state index is 12.4. The second-order valence-electron chi connectivity index (χ2n) is 4.78. The molecule has 6 heteroatoms. The van der Waals surface area contributed by atoms with Crippen molar-refractivity contribution < 1.29 is 14.3 Å². The van der Waals surface area contributed by atoms with Crippen LogP contribution in [0.3, 0.4) is 0 Å². The van der Waals surface area contributed by atoms with Crippen molar-refractivity contribution in [2.75, 3.05) is 32.8 Å². The second kappa shape index (κ2) is 7.31. The molecule has 1 saturated heterocycles. The zero-order valence-electron chi connectivity index (χ0n) is 12.0. The lowest BCUT2D eigenvalue weighted by atomic mass is 10.1. The monoisotopic (exact) mass is 310 g/mol. The average molecular weight is 311 g/mol. The molecule has 1 aromatic carbocycles.